The van der Waals surface area contributed by atoms with E-state index in [2.05, 4.69) is 24.3 Å². The average Bonchev–Trinajstić information content (AvgIpc) is 2.18. The summed E-state index contributed by atoms with van der Waals surface area (Å²) in [6.45, 7) is 4.44. The van der Waals surface area contributed by atoms with Crippen LogP contribution >= 0.6 is 11.8 Å². The van der Waals surface area contributed by atoms with Gasteiger partial charge in [0.25, 0.3) is 0 Å². The Balaban J connectivity index is 2.42. The molecular formula is C10H17N3S. The maximum Gasteiger partial charge on any atom is 0.0523 e. The highest BCUT2D eigenvalue weighted by atomic mass is 32.2. The van der Waals surface area contributed by atoms with Crippen LogP contribution in [0, 0.1) is 5.92 Å². The number of nitrogens with two attached hydrogens (primary N) is 1. The molecule has 1 aromatic rings. The van der Waals surface area contributed by atoms with E-state index in [1.807, 2.05) is 23.9 Å². The second-order valence-electron chi connectivity index (χ2n) is 3.59. The predicted molar refractivity (Wildman–Crippen MR) is 63.0 cm³/mol. The zero-order valence-corrected chi connectivity index (χ0v) is 9.47. The summed E-state index contributed by atoms with van der Waals surface area (Å²) < 4.78 is 0. The third-order valence-electron chi connectivity index (χ3n) is 1.68. The quantitative estimate of drug-likeness (QED) is 0.579. The third kappa shape index (κ3) is 3.98. The molecule has 0 atom stereocenters. The summed E-state index contributed by atoms with van der Waals surface area (Å²) in [6.07, 6.45) is 1.78. The molecule has 0 fully saturated rings. The van der Waals surface area contributed by atoms with E-state index >= 15 is 0 Å². The molecule has 0 aliphatic heterocycles. The molecule has 3 N–H and O–H groups in total. The number of hydrogen-bond acceptors (Lipinski definition) is 4. The number of aromatic nitrogens is 1. The molecule has 0 spiro atoms. The minimum atomic E-state index is 0.732. The normalized spacial score (nSPS) is 10.6. The molecule has 78 valence electrons. The number of nitrogens with one attached hydrogen (secondary N) is 1. The fourth-order valence-corrected chi connectivity index (χ4v) is 2.00. The van der Waals surface area contributed by atoms with Crippen molar-refractivity contribution in [3.05, 3.63) is 24.0 Å². The van der Waals surface area contributed by atoms with Gasteiger partial charge in [0.2, 0.25) is 0 Å². The Kier molecular flexibility index (Phi) is 4.76. The lowest BCUT2D eigenvalue weighted by molar-refractivity contribution is 0.750. The van der Waals surface area contributed by atoms with Gasteiger partial charge in [-0.3, -0.25) is 10.8 Å². The van der Waals surface area contributed by atoms with Crippen molar-refractivity contribution in [1.82, 2.24) is 4.98 Å². The van der Waals surface area contributed by atoms with Crippen LogP contribution in [-0.4, -0.2) is 10.7 Å². The van der Waals surface area contributed by atoms with E-state index in [0.717, 1.165) is 23.1 Å². The van der Waals surface area contributed by atoms with Gasteiger partial charge in [-0.15, -0.1) is 0 Å². The van der Waals surface area contributed by atoms with Gasteiger partial charge in [0.05, 0.1) is 11.4 Å². The summed E-state index contributed by atoms with van der Waals surface area (Å²) >= 11 is 1.90. The minimum Gasteiger partial charge on any atom is -0.324 e. The molecule has 0 saturated heterocycles. The lowest BCUT2D eigenvalue weighted by Crippen LogP contribution is -2.07. The summed E-state index contributed by atoms with van der Waals surface area (Å²) in [7, 11) is 0. The van der Waals surface area contributed by atoms with Crippen LogP contribution < -0.4 is 11.3 Å². The van der Waals surface area contributed by atoms with Crippen molar-refractivity contribution in [1.29, 1.82) is 0 Å². The summed E-state index contributed by atoms with van der Waals surface area (Å²) in [5, 5.41) is 0. The van der Waals surface area contributed by atoms with Crippen molar-refractivity contribution >= 4 is 17.4 Å². The van der Waals surface area contributed by atoms with Crippen molar-refractivity contribution in [2.45, 2.75) is 19.6 Å². The third-order valence-corrected chi connectivity index (χ3v) is 3.09. The van der Waals surface area contributed by atoms with Crippen LogP contribution in [0.25, 0.3) is 0 Å². The molecule has 1 aromatic heterocycles. The van der Waals surface area contributed by atoms with Crippen LogP contribution in [0.5, 0.6) is 0 Å². The monoisotopic (exact) mass is 211 g/mol. The molecule has 0 aliphatic rings. The van der Waals surface area contributed by atoms with Crippen LogP contribution in [0.3, 0.4) is 0 Å². The predicted octanol–water partition coefficient (Wildman–Crippen LogP) is 2.26. The summed E-state index contributed by atoms with van der Waals surface area (Å²) in [6, 6.07) is 3.84. The highest BCUT2D eigenvalue weighted by Gasteiger charge is 1.98. The SMILES string of the molecule is CC(C)CSCc1cc(NN)ccn1. The second kappa shape index (κ2) is 5.88. The Morgan fingerprint density at radius 3 is 3.00 bits per heavy atom. The highest BCUT2D eigenvalue weighted by molar-refractivity contribution is 7.98. The average molecular weight is 211 g/mol. The maximum absolute atomic E-state index is 5.31. The summed E-state index contributed by atoms with van der Waals surface area (Å²) in [5.41, 5.74) is 4.61. The zero-order chi connectivity index (χ0) is 10.4. The number of hydrogen-bond donors (Lipinski definition) is 2. The van der Waals surface area contributed by atoms with Gasteiger partial charge in [-0.2, -0.15) is 11.8 Å². The Labute approximate surface area is 89.5 Å². The Hall–Kier alpha value is -0.740. The fraction of sp³-hybridized carbons (Fsp3) is 0.500. The van der Waals surface area contributed by atoms with E-state index in [-0.39, 0.29) is 0 Å². The van der Waals surface area contributed by atoms with Crippen molar-refractivity contribution in [3.8, 4) is 0 Å². The van der Waals surface area contributed by atoms with Crippen LogP contribution in [-0.2, 0) is 5.75 Å². The summed E-state index contributed by atoms with van der Waals surface area (Å²) in [5.74, 6) is 8.16. The van der Waals surface area contributed by atoms with E-state index in [9.17, 15) is 0 Å². The van der Waals surface area contributed by atoms with E-state index in [1.165, 1.54) is 5.75 Å². The van der Waals surface area contributed by atoms with E-state index < -0.39 is 0 Å². The molecule has 0 bridgehead atoms. The fourth-order valence-electron chi connectivity index (χ4n) is 1.05. The molecule has 4 heteroatoms. The van der Waals surface area contributed by atoms with Gasteiger partial charge >= 0.3 is 0 Å². The number of pyridine rings is 1. The number of nitrogen functional groups attached to an aromatic ring is 1. The molecule has 0 amide bonds. The van der Waals surface area contributed by atoms with Crippen molar-refractivity contribution in [2.75, 3.05) is 11.2 Å². The smallest absolute Gasteiger partial charge is 0.0523 e. The first-order chi connectivity index (χ1) is 6.72. The molecule has 0 aromatic carbocycles. The lowest BCUT2D eigenvalue weighted by Gasteiger charge is -2.05. The minimum absolute atomic E-state index is 0.732. The number of anilines is 1. The van der Waals surface area contributed by atoms with E-state index in [4.69, 9.17) is 5.84 Å². The molecule has 0 aliphatic carbocycles. The van der Waals surface area contributed by atoms with Gasteiger partial charge in [0.15, 0.2) is 0 Å². The molecule has 1 heterocycles. The van der Waals surface area contributed by atoms with Crippen molar-refractivity contribution in [2.24, 2.45) is 11.8 Å². The van der Waals surface area contributed by atoms with Crippen LogP contribution in [0.2, 0.25) is 0 Å². The zero-order valence-electron chi connectivity index (χ0n) is 8.66. The van der Waals surface area contributed by atoms with Gasteiger partial charge < -0.3 is 5.43 Å². The maximum atomic E-state index is 5.31. The van der Waals surface area contributed by atoms with Gasteiger partial charge in [-0.25, -0.2) is 0 Å². The lowest BCUT2D eigenvalue weighted by atomic mass is 10.3. The van der Waals surface area contributed by atoms with Gasteiger partial charge in [0.1, 0.15) is 0 Å². The molecule has 14 heavy (non-hydrogen) atoms. The molecule has 3 nitrogen and oxygen atoms in total. The Morgan fingerprint density at radius 2 is 2.36 bits per heavy atom. The standard InChI is InChI=1S/C10H17N3S/c1-8(2)6-14-7-10-5-9(13-11)3-4-12-10/h3-5,8H,6-7,11H2,1-2H3,(H,12,13). The molecule has 1 rings (SSSR count). The number of rotatable bonds is 5. The van der Waals surface area contributed by atoms with Crippen molar-refractivity contribution in [3.63, 3.8) is 0 Å². The first kappa shape index (κ1) is 11.3. The number of nitrogens with zero attached hydrogens (tertiary/aromatic N) is 1. The largest absolute Gasteiger partial charge is 0.324 e. The first-order valence-corrected chi connectivity index (χ1v) is 5.87. The second-order valence-corrected chi connectivity index (χ2v) is 4.62. The molecule has 0 unspecified atom stereocenters. The first-order valence-electron chi connectivity index (χ1n) is 4.71. The van der Waals surface area contributed by atoms with Crippen LogP contribution in [0.15, 0.2) is 18.3 Å². The van der Waals surface area contributed by atoms with Crippen LogP contribution in [0.1, 0.15) is 19.5 Å². The van der Waals surface area contributed by atoms with Crippen molar-refractivity contribution < 1.29 is 0 Å². The highest BCUT2D eigenvalue weighted by Crippen LogP contribution is 2.15. The topological polar surface area (TPSA) is 50.9 Å². The Morgan fingerprint density at radius 1 is 1.57 bits per heavy atom. The number of hydrazine groups is 1. The van der Waals surface area contributed by atoms with Crippen LogP contribution in [0.4, 0.5) is 5.69 Å². The van der Waals surface area contributed by atoms with Gasteiger partial charge in [0, 0.05) is 11.9 Å². The van der Waals surface area contributed by atoms with Gasteiger partial charge in [-0.05, 0) is 23.8 Å². The Bertz CT molecular complexity index is 276. The number of thioether (sulfide) groups is 1. The molecular weight excluding hydrogens is 194 g/mol. The molecule has 0 saturated carbocycles. The van der Waals surface area contributed by atoms with Gasteiger partial charge in [-0.1, -0.05) is 13.8 Å². The van der Waals surface area contributed by atoms with E-state index in [0.29, 0.717) is 0 Å². The molecule has 0 radical (unpaired) electrons. The summed E-state index contributed by atoms with van der Waals surface area (Å²) in [4.78, 5) is 4.27. The van der Waals surface area contributed by atoms with E-state index in [1.54, 1.807) is 6.20 Å².